The summed E-state index contributed by atoms with van der Waals surface area (Å²) in [6.07, 6.45) is 1.32. The standard InChI is InChI=1S/C13H16ClNO3/c1-18-11-4-5-15(8-11)7-10-3-2-9(13(16)17)6-12(10)14/h2-3,6,11H,4-5,7-8H2,1H3,(H,16,17). The predicted octanol–water partition coefficient (Wildman–Crippen LogP) is 2.26. The van der Waals surface area contributed by atoms with Gasteiger partial charge in [-0.3, -0.25) is 4.90 Å². The third kappa shape index (κ3) is 3.02. The monoisotopic (exact) mass is 269 g/mol. The van der Waals surface area contributed by atoms with Gasteiger partial charge in [0.1, 0.15) is 0 Å². The molecule has 1 aromatic carbocycles. The Labute approximate surface area is 111 Å². The number of nitrogens with zero attached hydrogens (tertiary/aromatic N) is 1. The number of benzene rings is 1. The molecule has 1 aliphatic rings. The third-order valence-electron chi connectivity index (χ3n) is 3.26. The largest absolute Gasteiger partial charge is 0.478 e. The molecule has 5 heteroatoms. The zero-order valence-electron chi connectivity index (χ0n) is 10.2. The van der Waals surface area contributed by atoms with E-state index in [1.54, 1.807) is 19.2 Å². The van der Waals surface area contributed by atoms with Gasteiger partial charge >= 0.3 is 5.97 Å². The molecule has 1 saturated heterocycles. The van der Waals surface area contributed by atoms with Crippen molar-refractivity contribution in [2.75, 3.05) is 20.2 Å². The lowest BCUT2D eigenvalue weighted by Crippen LogP contribution is -2.22. The number of hydrogen-bond donors (Lipinski definition) is 1. The van der Waals surface area contributed by atoms with Gasteiger partial charge < -0.3 is 9.84 Å². The molecule has 0 radical (unpaired) electrons. The van der Waals surface area contributed by atoms with E-state index in [0.717, 1.165) is 31.6 Å². The number of halogens is 1. The first kappa shape index (κ1) is 13.3. The van der Waals surface area contributed by atoms with E-state index in [-0.39, 0.29) is 5.56 Å². The van der Waals surface area contributed by atoms with Gasteiger partial charge in [0, 0.05) is 31.8 Å². The fourth-order valence-electron chi connectivity index (χ4n) is 2.18. The molecule has 1 N–H and O–H groups in total. The SMILES string of the molecule is COC1CCN(Cc2ccc(C(=O)O)cc2Cl)C1. The van der Waals surface area contributed by atoms with E-state index in [4.69, 9.17) is 21.4 Å². The van der Waals surface area contributed by atoms with E-state index >= 15 is 0 Å². The summed E-state index contributed by atoms with van der Waals surface area (Å²) in [5.41, 5.74) is 1.18. The van der Waals surface area contributed by atoms with Crippen LogP contribution in [0.2, 0.25) is 5.02 Å². The van der Waals surface area contributed by atoms with Crippen molar-refractivity contribution in [2.24, 2.45) is 0 Å². The number of likely N-dealkylation sites (tertiary alicyclic amines) is 1. The molecule has 1 atom stereocenters. The van der Waals surface area contributed by atoms with Crippen LogP contribution < -0.4 is 0 Å². The van der Waals surface area contributed by atoms with Crippen molar-refractivity contribution in [3.8, 4) is 0 Å². The van der Waals surface area contributed by atoms with E-state index in [2.05, 4.69) is 4.90 Å². The van der Waals surface area contributed by atoms with Crippen LogP contribution in [0.25, 0.3) is 0 Å². The lowest BCUT2D eigenvalue weighted by atomic mass is 10.1. The molecule has 18 heavy (non-hydrogen) atoms. The number of ether oxygens (including phenoxy) is 1. The van der Waals surface area contributed by atoms with Crippen molar-refractivity contribution in [1.29, 1.82) is 0 Å². The molecular formula is C13H16ClNO3. The third-order valence-corrected chi connectivity index (χ3v) is 3.61. The van der Waals surface area contributed by atoms with Gasteiger partial charge in [-0.2, -0.15) is 0 Å². The van der Waals surface area contributed by atoms with Crippen LogP contribution in [0.1, 0.15) is 22.3 Å². The Morgan fingerprint density at radius 1 is 1.61 bits per heavy atom. The van der Waals surface area contributed by atoms with Crippen LogP contribution in [0.5, 0.6) is 0 Å². The molecule has 2 rings (SSSR count). The molecule has 1 aromatic rings. The van der Waals surface area contributed by atoms with Crippen LogP contribution in [-0.2, 0) is 11.3 Å². The van der Waals surface area contributed by atoms with Gasteiger partial charge in [0.15, 0.2) is 0 Å². The van der Waals surface area contributed by atoms with E-state index < -0.39 is 5.97 Å². The minimum Gasteiger partial charge on any atom is -0.478 e. The first-order valence-corrected chi connectivity index (χ1v) is 6.25. The molecule has 1 fully saturated rings. The van der Waals surface area contributed by atoms with Gasteiger partial charge in [0.05, 0.1) is 11.7 Å². The van der Waals surface area contributed by atoms with Gasteiger partial charge in [-0.05, 0) is 24.1 Å². The van der Waals surface area contributed by atoms with E-state index in [9.17, 15) is 4.79 Å². The highest BCUT2D eigenvalue weighted by Crippen LogP contribution is 2.22. The molecular weight excluding hydrogens is 254 g/mol. The zero-order chi connectivity index (χ0) is 13.1. The molecule has 4 nitrogen and oxygen atoms in total. The van der Waals surface area contributed by atoms with Crippen LogP contribution in [0.15, 0.2) is 18.2 Å². The van der Waals surface area contributed by atoms with Crippen LogP contribution in [0, 0.1) is 0 Å². The molecule has 1 aliphatic heterocycles. The highest BCUT2D eigenvalue weighted by atomic mass is 35.5. The first-order valence-electron chi connectivity index (χ1n) is 5.87. The predicted molar refractivity (Wildman–Crippen MR) is 69.1 cm³/mol. The molecule has 0 aromatic heterocycles. The second-order valence-corrected chi connectivity index (χ2v) is 4.90. The maximum absolute atomic E-state index is 10.8. The van der Waals surface area contributed by atoms with Crippen molar-refractivity contribution in [2.45, 2.75) is 19.1 Å². The Hall–Kier alpha value is -1.10. The van der Waals surface area contributed by atoms with Crippen molar-refractivity contribution < 1.29 is 14.6 Å². The number of carboxylic acid groups (broad SMARTS) is 1. The lowest BCUT2D eigenvalue weighted by molar-refractivity contribution is 0.0697. The second kappa shape index (κ2) is 5.69. The molecule has 0 aliphatic carbocycles. The van der Waals surface area contributed by atoms with Crippen molar-refractivity contribution >= 4 is 17.6 Å². The smallest absolute Gasteiger partial charge is 0.335 e. The summed E-state index contributed by atoms with van der Waals surface area (Å²) in [6, 6.07) is 4.88. The Balaban J connectivity index is 2.04. The van der Waals surface area contributed by atoms with E-state index in [1.165, 1.54) is 6.07 Å². The minimum absolute atomic E-state index is 0.222. The molecule has 0 amide bonds. The Morgan fingerprint density at radius 3 is 2.94 bits per heavy atom. The lowest BCUT2D eigenvalue weighted by Gasteiger charge is -2.16. The number of carboxylic acids is 1. The van der Waals surface area contributed by atoms with Crippen LogP contribution in [-0.4, -0.2) is 42.3 Å². The molecule has 1 heterocycles. The Morgan fingerprint density at radius 2 is 2.39 bits per heavy atom. The summed E-state index contributed by atoms with van der Waals surface area (Å²) in [4.78, 5) is 13.1. The molecule has 1 unspecified atom stereocenters. The van der Waals surface area contributed by atoms with Crippen molar-refractivity contribution in [1.82, 2.24) is 4.90 Å². The average Bonchev–Trinajstić information content (AvgIpc) is 2.79. The number of hydrogen-bond acceptors (Lipinski definition) is 3. The number of aromatic carboxylic acids is 1. The topological polar surface area (TPSA) is 49.8 Å². The maximum Gasteiger partial charge on any atom is 0.335 e. The van der Waals surface area contributed by atoms with Gasteiger partial charge in [0.25, 0.3) is 0 Å². The summed E-state index contributed by atoms with van der Waals surface area (Å²) >= 11 is 6.10. The summed E-state index contributed by atoms with van der Waals surface area (Å²) in [6.45, 7) is 2.61. The van der Waals surface area contributed by atoms with Crippen molar-refractivity contribution in [3.05, 3.63) is 34.3 Å². The number of methoxy groups -OCH3 is 1. The van der Waals surface area contributed by atoms with Gasteiger partial charge in [0.2, 0.25) is 0 Å². The van der Waals surface area contributed by atoms with Gasteiger partial charge in [-0.1, -0.05) is 17.7 Å². The minimum atomic E-state index is -0.955. The average molecular weight is 270 g/mol. The van der Waals surface area contributed by atoms with E-state index in [0.29, 0.717) is 11.1 Å². The molecule has 0 bridgehead atoms. The summed E-state index contributed by atoms with van der Waals surface area (Å²) in [5, 5.41) is 9.38. The summed E-state index contributed by atoms with van der Waals surface area (Å²) < 4.78 is 5.31. The van der Waals surface area contributed by atoms with Crippen molar-refractivity contribution in [3.63, 3.8) is 0 Å². The number of rotatable bonds is 4. The quantitative estimate of drug-likeness (QED) is 0.911. The maximum atomic E-state index is 10.8. The first-order chi connectivity index (χ1) is 8.60. The highest BCUT2D eigenvalue weighted by molar-refractivity contribution is 6.31. The molecule has 0 spiro atoms. The molecule has 0 saturated carbocycles. The molecule has 98 valence electrons. The fraction of sp³-hybridized carbons (Fsp3) is 0.462. The normalized spacial score (nSPS) is 20.2. The van der Waals surface area contributed by atoms with Crippen LogP contribution >= 0.6 is 11.6 Å². The van der Waals surface area contributed by atoms with Gasteiger partial charge in [-0.25, -0.2) is 4.79 Å². The fourth-order valence-corrected chi connectivity index (χ4v) is 2.42. The highest BCUT2D eigenvalue weighted by Gasteiger charge is 2.22. The van der Waals surface area contributed by atoms with Gasteiger partial charge in [-0.15, -0.1) is 0 Å². The number of carbonyl (C=O) groups is 1. The Kier molecular flexibility index (Phi) is 4.22. The zero-order valence-corrected chi connectivity index (χ0v) is 11.0. The summed E-state index contributed by atoms with van der Waals surface area (Å²) in [7, 11) is 1.72. The van der Waals surface area contributed by atoms with E-state index in [1.807, 2.05) is 0 Å². The van der Waals surface area contributed by atoms with Crippen LogP contribution in [0.3, 0.4) is 0 Å². The Bertz CT molecular complexity index is 450. The van der Waals surface area contributed by atoms with Crippen LogP contribution in [0.4, 0.5) is 0 Å². The summed E-state index contributed by atoms with van der Waals surface area (Å²) in [5.74, 6) is -0.955. The second-order valence-electron chi connectivity index (χ2n) is 4.49.